The number of nitrogens with one attached hydrogen (secondary N) is 3. The van der Waals surface area contributed by atoms with Crippen molar-refractivity contribution in [1.29, 1.82) is 0 Å². The fourth-order valence-electron chi connectivity index (χ4n) is 3.29. The standard InChI is InChI=1S/C20H35BN4O8/c1-22-15(27)6-5-13(26)10-25(11-17(29)24-9-16(28)23-2)7-8-32-19-18(31-4)14(12-30-3)33-20(19)21/h14,18-20H,5-12H2,1-4H3,(H,22,27)(H,23,28)(H,24,29)/t14-,18?,19+,20-/m1/s1. The topological polar surface area (TPSA) is 145 Å². The molecule has 3 amide bonds. The molecule has 3 N–H and O–H groups in total. The Morgan fingerprint density at radius 1 is 0.970 bits per heavy atom. The molecule has 0 saturated carbocycles. The molecule has 186 valence electrons. The van der Waals surface area contributed by atoms with Gasteiger partial charge in [0.15, 0.2) is 0 Å². The third kappa shape index (κ3) is 10.6. The van der Waals surface area contributed by atoms with Gasteiger partial charge < -0.3 is 34.9 Å². The first kappa shape index (κ1) is 29.0. The summed E-state index contributed by atoms with van der Waals surface area (Å²) in [4.78, 5) is 48.9. The predicted molar refractivity (Wildman–Crippen MR) is 119 cm³/mol. The molecule has 1 aliphatic heterocycles. The Morgan fingerprint density at radius 2 is 1.67 bits per heavy atom. The second kappa shape index (κ2) is 15.7. The molecular formula is C20H35BN4O8. The fourth-order valence-corrected chi connectivity index (χ4v) is 3.29. The van der Waals surface area contributed by atoms with E-state index in [-0.39, 0.29) is 69.3 Å². The molecule has 0 aromatic heterocycles. The summed E-state index contributed by atoms with van der Waals surface area (Å²) >= 11 is 0. The second-order valence-corrected chi connectivity index (χ2v) is 7.50. The lowest BCUT2D eigenvalue weighted by atomic mass is 9.93. The van der Waals surface area contributed by atoms with Gasteiger partial charge in [0, 0.05) is 53.7 Å². The van der Waals surface area contributed by atoms with Crippen molar-refractivity contribution in [2.45, 2.75) is 37.2 Å². The third-order valence-electron chi connectivity index (χ3n) is 5.07. The van der Waals surface area contributed by atoms with Gasteiger partial charge in [-0.15, -0.1) is 0 Å². The van der Waals surface area contributed by atoms with Crippen LogP contribution in [0.3, 0.4) is 0 Å². The zero-order valence-corrected chi connectivity index (χ0v) is 19.8. The smallest absolute Gasteiger partial charge is 0.239 e. The van der Waals surface area contributed by atoms with Gasteiger partial charge in [0.25, 0.3) is 0 Å². The minimum Gasteiger partial charge on any atom is -0.382 e. The second-order valence-electron chi connectivity index (χ2n) is 7.50. The summed E-state index contributed by atoms with van der Waals surface area (Å²) in [5, 5.41) is 7.35. The Morgan fingerprint density at radius 3 is 2.27 bits per heavy atom. The summed E-state index contributed by atoms with van der Waals surface area (Å²) in [5.74, 6) is -1.21. The molecule has 13 heteroatoms. The Balaban J connectivity index is 2.66. The number of carbonyl (C=O) groups is 4. The number of nitrogens with zero attached hydrogens (tertiary/aromatic N) is 1. The highest BCUT2D eigenvalue weighted by atomic mass is 16.6. The summed E-state index contributed by atoms with van der Waals surface area (Å²) < 4.78 is 22.1. The Labute approximate surface area is 195 Å². The van der Waals surface area contributed by atoms with Crippen molar-refractivity contribution >= 4 is 31.4 Å². The summed E-state index contributed by atoms with van der Waals surface area (Å²) in [7, 11) is 12.0. The van der Waals surface area contributed by atoms with Crippen LogP contribution in [0.2, 0.25) is 0 Å². The van der Waals surface area contributed by atoms with Crippen LogP contribution in [-0.4, -0.2) is 128 Å². The van der Waals surface area contributed by atoms with E-state index in [0.29, 0.717) is 6.61 Å². The van der Waals surface area contributed by atoms with Gasteiger partial charge in [0.05, 0.1) is 32.8 Å². The molecular weight excluding hydrogens is 435 g/mol. The molecule has 1 heterocycles. The number of Topliss-reactive ketones (excluding diaryl/α,β-unsaturated/α-hetero) is 1. The van der Waals surface area contributed by atoms with Crippen molar-refractivity contribution in [3.63, 3.8) is 0 Å². The van der Waals surface area contributed by atoms with Crippen LogP contribution in [0.5, 0.6) is 0 Å². The van der Waals surface area contributed by atoms with Crippen LogP contribution in [-0.2, 0) is 38.1 Å². The van der Waals surface area contributed by atoms with Crippen molar-refractivity contribution in [3.05, 3.63) is 0 Å². The Kier molecular flexibility index (Phi) is 13.8. The van der Waals surface area contributed by atoms with Gasteiger partial charge in [-0.05, 0) is 0 Å². The summed E-state index contributed by atoms with van der Waals surface area (Å²) in [5.41, 5.74) is 0. The van der Waals surface area contributed by atoms with E-state index >= 15 is 0 Å². The molecule has 1 unspecified atom stereocenters. The van der Waals surface area contributed by atoms with Crippen LogP contribution in [0.4, 0.5) is 0 Å². The van der Waals surface area contributed by atoms with Gasteiger partial charge in [-0.1, -0.05) is 0 Å². The van der Waals surface area contributed by atoms with Crippen molar-refractivity contribution in [3.8, 4) is 0 Å². The number of ketones is 1. The van der Waals surface area contributed by atoms with Crippen LogP contribution in [0.15, 0.2) is 0 Å². The first-order valence-electron chi connectivity index (χ1n) is 10.7. The molecule has 0 bridgehead atoms. The highest BCUT2D eigenvalue weighted by molar-refractivity contribution is 6.11. The Hall–Kier alpha value is -2.06. The SMILES string of the molecule is [B][C@@H]1O[C@H](COC)C(OC)[C@@H]1OCCN(CC(=O)CCC(=O)NC)CC(=O)NCC(=O)NC. The average molecular weight is 470 g/mol. The molecule has 1 saturated heterocycles. The molecule has 12 nitrogen and oxygen atoms in total. The van der Waals surface area contributed by atoms with E-state index in [9.17, 15) is 19.2 Å². The van der Waals surface area contributed by atoms with E-state index in [1.54, 1.807) is 12.0 Å². The van der Waals surface area contributed by atoms with E-state index in [2.05, 4.69) is 16.0 Å². The third-order valence-corrected chi connectivity index (χ3v) is 5.07. The summed E-state index contributed by atoms with van der Waals surface area (Å²) in [6.07, 6.45) is -1.25. The zero-order chi connectivity index (χ0) is 24.8. The Bertz CT molecular complexity index is 620. The van der Waals surface area contributed by atoms with Crippen molar-refractivity contribution in [1.82, 2.24) is 20.9 Å². The quantitative estimate of drug-likeness (QED) is 0.204. The van der Waals surface area contributed by atoms with Crippen LogP contribution in [0.1, 0.15) is 12.8 Å². The van der Waals surface area contributed by atoms with Gasteiger partial charge in [-0.2, -0.15) is 0 Å². The first-order chi connectivity index (χ1) is 15.7. The first-order valence-corrected chi connectivity index (χ1v) is 10.7. The number of carbonyl (C=O) groups excluding carboxylic acids is 4. The summed E-state index contributed by atoms with van der Waals surface area (Å²) in [6.45, 7) is 0.319. The largest absolute Gasteiger partial charge is 0.382 e. The number of hydrogen-bond donors (Lipinski definition) is 3. The molecule has 0 aromatic rings. The average Bonchev–Trinajstić information content (AvgIpc) is 3.09. The number of amides is 3. The lowest BCUT2D eigenvalue weighted by Crippen LogP contribution is -2.45. The number of methoxy groups -OCH3 is 2. The molecule has 1 fully saturated rings. The number of hydrogen-bond acceptors (Lipinski definition) is 9. The maximum Gasteiger partial charge on any atom is 0.239 e. The highest BCUT2D eigenvalue weighted by Gasteiger charge is 2.43. The van der Waals surface area contributed by atoms with Crippen LogP contribution < -0.4 is 16.0 Å². The van der Waals surface area contributed by atoms with E-state index in [1.807, 2.05) is 0 Å². The number of ether oxygens (including phenoxy) is 4. The molecule has 1 aliphatic rings. The van der Waals surface area contributed by atoms with E-state index < -0.39 is 24.1 Å². The highest BCUT2D eigenvalue weighted by Crippen LogP contribution is 2.24. The van der Waals surface area contributed by atoms with Crippen molar-refractivity contribution in [2.75, 3.05) is 67.7 Å². The molecule has 33 heavy (non-hydrogen) atoms. The normalized spacial score (nSPS) is 22.2. The number of rotatable bonds is 16. The van der Waals surface area contributed by atoms with E-state index in [4.69, 9.17) is 26.8 Å². The minimum atomic E-state index is -0.714. The maximum absolute atomic E-state index is 12.3. The number of likely N-dealkylation sites (N-methyl/N-ethyl adjacent to an activating group) is 1. The van der Waals surface area contributed by atoms with Gasteiger partial charge in [0.2, 0.25) is 17.7 Å². The predicted octanol–water partition coefficient (Wildman–Crippen LogP) is -2.81. The van der Waals surface area contributed by atoms with Crippen LogP contribution >= 0.6 is 0 Å². The van der Waals surface area contributed by atoms with Gasteiger partial charge in [-0.25, -0.2) is 0 Å². The monoisotopic (exact) mass is 470 g/mol. The van der Waals surface area contributed by atoms with Gasteiger partial charge >= 0.3 is 0 Å². The molecule has 0 aromatic carbocycles. The van der Waals surface area contributed by atoms with E-state index in [0.717, 1.165) is 0 Å². The van der Waals surface area contributed by atoms with Crippen LogP contribution in [0, 0.1) is 0 Å². The molecule has 2 radical (unpaired) electrons. The van der Waals surface area contributed by atoms with Gasteiger partial charge in [0.1, 0.15) is 31.9 Å². The minimum absolute atomic E-state index is 0.0443. The summed E-state index contributed by atoms with van der Waals surface area (Å²) in [6, 6.07) is -0.714. The van der Waals surface area contributed by atoms with Crippen molar-refractivity contribution < 1.29 is 38.1 Å². The maximum atomic E-state index is 12.3. The molecule has 1 rings (SSSR count). The molecule has 4 atom stereocenters. The fraction of sp³-hybridized carbons (Fsp3) is 0.800. The van der Waals surface area contributed by atoms with Gasteiger partial charge in [-0.3, -0.25) is 24.1 Å². The molecule has 0 spiro atoms. The molecule has 0 aliphatic carbocycles. The van der Waals surface area contributed by atoms with Crippen molar-refractivity contribution in [2.24, 2.45) is 0 Å². The lowest BCUT2D eigenvalue weighted by molar-refractivity contribution is -0.128. The lowest BCUT2D eigenvalue weighted by Gasteiger charge is -2.25. The zero-order valence-electron chi connectivity index (χ0n) is 19.8. The van der Waals surface area contributed by atoms with E-state index in [1.165, 1.54) is 21.2 Å². The van der Waals surface area contributed by atoms with Crippen LogP contribution in [0.25, 0.3) is 0 Å².